The molecule has 1 aliphatic heterocycles. The molecule has 1 fully saturated rings. The molecule has 22 unspecified atom stereocenters. The van der Waals surface area contributed by atoms with Crippen molar-refractivity contribution in [2.45, 2.75) is 168 Å². The molecule has 22 atom stereocenters. The maximum atomic E-state index is 3.05. The molecule has 0 radical (unpaired) electrons. The Morgan fingerprint density at radius 3 is 1.08 bits per heavy atom. The number of benzene rings is 10. The van der Waals surface area contributed by atoms with Crippen LogP contribution >= 0.6 is 11.8 Å². The van der Waals surface area contributed by atoms with Gasteiger partial charge in [-0.3, -0.25) is 0 Å². The molecule has 0 aromatic heterocycles. The van der Waals surface area contributed by atoms with E-state index in [1.807, 2.05) is 203 Å². The highest BCUT2D eigenvalue weighted by Crippen LogP contribution is 3.01. The number of hydrogen-bond acceptors (Lipinski definition) is 1. The van der Waals surface area contributed by atoms with Gasteiger partial charge in [0.25, 0.3) is 0 Å². The van der Waals surface area contributed by atoms with Gasteiger partial charge in [0.05, 0.1) is 4.75 Å². The van der Waals surface area contributed by atoms with Crippen LogP contribution in [0.3, 0.4) is 0 Å². The first-order valence-electron chi connectivity index (χ1n) is 30.4. The molecule has 23 aliphatic rings. The molecular formula is C73H38S. The largest absolute Gasteiger partial charge is 0.112 e. The third-order valence-corrected chi connectivity index (χ3v) is 33.5. The van der Waals surface area contributed by atoms with Crippen LogP contribution in [0.25, 0.3) is 97.3 Å². The average Bonchev–Trinajstić information content (AvgIpc) is 4.34. The number of fused-ring (bicyclic) bond motifs is 1. The van der Waals surface area contributed by atoms with Crippen LogP contribution in [0.4, 0.5) is 0 Å². The minimum atomic E-state index is 0.000595. The van der Waals surface area contributed by atoms with E-state index >= 15 is 0 Å². The van der Waals surface area contributed by atoms with Crippen LogP contribution in [0.15, 0.2) is 17.0 Å². The van der Waals surface area contributed by atoms with Crippen molar-refractivity contribution in [1.82, 2.24) is 0 Å². The summed E-state index contributed by atoms with van der Waals surface area (Å²) >= 11 is 2.61. The van der Waals surface area contributed by atoms with Crippen molar-refractivity contribution in [2.75, 3.05) is 0 Å². The van der Waals surface area contributed by atoms with E-state index in [0.29, 0.717) is 124 Å². The topological polar surface area (TPSA) is 0 Å². The lowest BCUT2D eigenvalue weighted by Gasteiger charge is -2.65. The predicted molar refractivity (Wildman–Crippen MR) is 289 cm³/mol. The molecule has 11 aromatic rings. The zero-order chi connectivity index (χ0) is 45.0. The van der Waals surface area contributed by atoms with Gasteiger partial charge in [0.1, 0.15) is 0 Å². The van der Waals surface area contributed by atoms with E-state index in [2.05, 4.69) is 69.6 Å². The summed E-state index contributed by atoms with van der Waals surface area (Å²) in [5.74, 6) is 13.7. The van der Waals surface area contributed by atoms with Crippen LogP contribution in [-0.4, -0.2) is 0 Å². The third-order valence-electron chi connectivity index (χ3n) is 31.8. The summed E-state index contributed by atoms with van der Waals surface area (Å²) in [6.07, 6.45) is 0. The Labute approximate surface area is 426 Å². The highest BCUT2D eigenvalue weighted by Gasteiger charge is 2.89. The van der Waals surface area contributed by atoms with E-state index in [0.717, 1.165) is 0 Å². The second-order valence-electron chi connectivity index (χ2n) is 32.4. The molecule has 2 spiro atoms. The third kappa shape index (κ3) is 1.75. The van der Waals surface area contributed by atoms with Gasteiger partial charge in [-0.05, 0) is 361 Å². The normalized spacial score (nSPS) is 46.4. The van der Waals surface area contributed by atoms with Gasteiger partial charge in [-0.2, -0.15) is 0 Å². The SMILES string of the molecule is CC(C)c1cc2c(cc1C(C)(C)C)SC13c4c5c6c7c8c9c%10c%11c%12c%13c%14c%15c(c%16c%13c%10c7c4-%16)C21C1C%15C2c4c7c%10c%13c%15c%16c%17c%18c%19c%20c%21c%22c%23c(c4c4c%22c%19c%16c%104)C2C%14C%12C%23C%21C%11C9C%20C%18C8C6C%17C%15C5C3C%13C71. The molecule has 1 heterocycles. The van der Waals surface area contributed by atoms with Crippen molar-refractivity contribution in [3.63, 3.8) is 0 Å². The van der Waals surface area contributed by atoms with Crippen LogP contribution in [0.1, 0.15) is 275 Å². The van der Waals surface area contributed by atoms with Gasteiger partial charge in [0.15, 0.2) is 0 Å². The van der Waals surface area contributed by atoms with Crippen LogP contribution in [-0.2, 0) is 15.6 Å². The summed E-state index contributed by atoms with van der Waals surface area (Å²) in [6.45, 7) is 12.8. The molecule has 0 saturated heterocycles. The molecule has 74 heavy (non-hydrogen) atoms. The number of rotatable bonds is 1. The summed E-state index contributed by atoms with van der Waals surface area (Å²) in [4.78, 5) is 1.75. The van der Waals surface area contributed by atoms with Gasteiger partial charge < -0.3 is 0 Å². The van der Waals surface area contributed by atoms with Crippen molar-refractivity contribution < 1.29 is 0 Å². The molecule has 0 amide bonds. The zero-order valence-corrected chi connectivity index (χ0v) is 42.0. The van der Waals surface area contributed by atoms with Crippen LogP contribution < -0.4 is 0 Å². The zero-order valence-electron chi connectivity index (χ0n) is 41.2. The Kier molecular flexibility index (Phi) is 3.00. The van der Waals surface area contributed by atoms with Crippen molar-refractivity contribution in [3.05, 3.63) is 140 Å². The molecule has 1 saturated carbocycles. The summed E-state index contributed by atoms with van der Waals surface area (Å²) in [6, 6.07) is 5.98. The lowest BCUT2D eigenvalue weighted by Crippen LogP contribution is -2.62. The van der Waals surface area contributed by atoms with Crippen LogP contribution in [0.5, 0.6) is 0 Å². The Hall–Kier alpha value is -5.37. The summed E-state index contributed by atoms with van der Waals surface area (Å²) < 4.78 is 0.0354. The fourth-order valence-electron chi connectivity index (χ4n) is 33.0. The van der Waals surface area contributed by atoms with Gasteiger partial charge in [0.2, 0.25) is 0 Å². The first kappa shape index (κ1) is 31.0. The van der Waals surface area contributed by atoms with Crippen LogP contribution in [0.2, 0.25) is 0 Å². The van der Waals surface area contributed by atoms with Crippen LogP contribution in [0, 0.1) is 11.8 Å². The Bertz CT molecular complexity index is 5650. The minimum absolute atomic E-state index is 0.000595. The first-order valence-corrected chi connectivity index (χ1v) is 31.3. The van der Waals surface area contributed by atoms with Crippen molar-refractivity contribution in [1.29, 1.82) is 0 Å². The minimum Gasteiger partial charge on any atom is -0.112 e. The summed E-state index contributed by atoms with van der Waals surface area (Å²) in [7, 11) is 0. The van der Waals surface area contributed by atoms with E-state index in [9.17, 15) is 0 Å². The number of thioether (sulfide) groups is 1. The maximum Gasteiger partial charge on any atom is 0.0645 e. The second-order valence-corrected chi connectivity index (χ2v) is 33.7. The van der Waals surface area contributed by atoms with E-state index < -0.39 is 0 Å². The smallest absolute Gasteiger partial charge is 0.0645 e. The van der Waals surface area contributed by atoms with Crippen molar-refractivity contribution >= 4 is 97.9 Å². The van der Waals surface area contributed by atoms with E-state index in [1.54, 1.807) is 16.0 Å². The first-order chi connectivity index (χ1) is 36.4. The molecule has 22 aliphatic carbocycles. The van der Waals surface area contributed by atoms with Gasteiger partial charge in [0, 0.05) is 10.3 Å². The molecule has 0 bridgehead atoms. The number of hydrogen-bond donors (Lipinski definition) is 0. The molecule has 34 rings (SSSR count). The van der Waals surface area contributed by atoms with Crippen molar-refractivity contribution in [2.24, 2.45) is 11.8 Å². The molecule has 1 heteroatoms. The second kappa shape index (κ2) is 7.17. The Morgan fingerprint density at radius 1 is 0.351 bits per heavy atom. The quantitative estimate of drug-likeness (QED) is 0.148. The average molecular weight is 947 g/mol. The van der Waals surface area contributed by atoms with Crippen molar-refractivity contribution in [3.8, 4) is 11.1 Å². The summed E-state index contributed by atoms with van der Waals surface area (Å²) in [5, 5.41) is 30.8. The highest BCUT2D eigenvalue weighted by atomic mass is 32.2. The highest BCUT2D eigenvalue weighted by molar-refractivity contribution is 8.00. The maximum absolute atomic E-state index is 3.05. The Balaban J connectivity index is 0.986. The van der Waals surface area contributed by atoms with Gasteiger partial charge in [-0.15, -0.1) is 11.8 Å². The molecule has 0 nitrogen and oxygen atoms in total. The van der Waals surface area contributed by atoms with E-state index in [4.69, 9.17) is 0 Å². The predicted octanol–water partition coefficient (Wildman–Crippen LogP) is 16.9. The lowest BCUT2D eigenvalue weighted by atomic mass is 9.39. The van der Waals surface area contributed by atoms with Gasteiger partial charge >= 0.3 is 0 Å². The lowest BCUT2D eigenvalue weighted by molar-refractivity contribution is 0.0341. The Morgan fingerprint density at radius 2 is 0.662 bits per heavy atom. The monoisotopic (exact) mass is 946 g/mol. The standard InChI is InChI=1S/C73H38S/c1-8(2)9-6-11-12(7-10(9)71(3,4)5)74-73-69-63-57-47-35-27-19-15-13-14-17-21(19)29(35)39-33-25(17)26-18(14)22-20-16(13)24-23(15)31-37(27)45-51-41(31)42-32(24)38-28(20)36-30(22)40-34(26)44-43(33)55(49(39)57)65(69)66-56(44)50(40)58-48(36)54-46(38)52(42)60-59(51)67(61(63)53(45)47)72(11,73)68(60)62(54)64(58)70(66)73/h6-8,15,17,19,21,23,25,31,33,41-44,52,56,60,62,64,66,68,70H,1-5H3. The van der Waals surface area contributed by atoms with Gasteiger partial charge in [-0.25, -0.2) is 0 Å². The molecule has 336 valence electrons. The fraction of sp³-hybridized carbons (Fsp3) is 0.397. The molecule has 11 aromatic carbocycles. The molecular weight excluding hydrogens is 909 g/mol. The van der Waals surface area contributed by atoms with Gasteiger partial charge in [-0.1, -0.05) is 40.7 Å². The van der Waals surface area contributed by atoms with E-state index in [-0.39, 0.29) is 15.6 Å². The summed E-state index contributed by atoms with van der Waals surface area (Å²) in [5.41, 5.74) is 49.9. The molecule has 0 N–H and O–H groups in total. The van der Waals surface area contributed by atoms with E-state index in [1.165, 1.54) is 0 Å². The fourth-order valence-corrected chi connectivity index (χ4v) is 35.1.